The lowest BCUT2D eigenvalue weighted by Gasteiger charge is -2.11. The number of anilines is 1. The lowest BCUT2D eigenvalue weighted by Crippen LogP contribution is -2.30. The second kappa shape index (κ2) is 3.71. The maximum Gasteiger partial charge on any atom is 0.253 e. The number of nitrogens with one attached hydrogen (secondary N) is 1. The molecule has 1 aromatic rings. The normalized spacial score (nSPS) is 38.1. The van der Waals surface area contributed by atoms with E-state index in [4.69, 9.17) is 5.73 Å². The molecule has 100 valence electrons. The summed E-state index contributed by atoms with van der Waals surface area (Å²) in [5.74, 6) is 2.33. The molecule has 3 fully saturated rings. The Labute approximate surface area is 111 Å². The van der Waals surface area contributed by atoms with Crippen molar-refractivity contribution >= 4 is 11.6 Å². The van der Waals surface area contributed by atoms with E-state index in [0.717, 1.165) is 11.8 Å². The topological polar surface area (TPSA) is 55.1 Å². The number of amides is 1. The monoisotopic (exact) mass is 260 g/mol. The Morgan fingerprint density at radius 1 is 1.26 bits per heavy atom. The first-order valence-electron chi connectivity index (χ1n) is 7.01. The van der Waals surface area contributed by atoms with E-state index >= 15 is 0 Å². The number of hydrogen-bond donors (Lipinski definition) is 2. The van der Waals surface area contributed by atoms with Crippen LogP contribution in [0.3, 0.4) is 0 Å². The Balaban J connectivity index is 1.50. The molecule has 4 rings (SSSR count). The van der Waals surface area contributed by atoms with Crippen LogP contribution in [-0.2, 0) is 0 Å². The molecule has 0 radical (unpaired) electrons. The highest BCUT2D eigenvalue weighted by Gasteiger charge is 2.65. The highest BCUT2D eigenvalue weighted by Crippen LogP contribution is 2.65. The van der Waals surface area contributed by atoms with Crippen LogP contribution in [0.5, 0.6) is 0 Å². The molecule has 0 spiro atoms. The van der Waals surface area contributed by atoms with Gasteiger partial charge in [-0.25, -0.2) is 4.39 Å². The van der Waals surface area contributed by atoms with Crippen molar-refractivity contribution in [3.05, 3.63) is 29.6 Å². The molecule has 0 saturated heterocycles. The highest BCUT2D eigenvalue weighted by molar-refractivity contribution is 5.99. The van der Waals surface area contributed by atoms with Crippen LogP contribution >= 0.6 is 0 Å². The van der Waals surface area contributed by atoms with Crippen LogP contribution in [0.25, 0.3) is 0 Å². The SMILES string of the molecule is Nc1ccc(F)cc1C(=O)NC1C2C3CCC(C3)C12. The van der Waals surface area contributed by atoms with Crippen LogP contribution in [0.15, 0.2) is 18.2 Å². The number of carbonyl (C=O) groups is 1. The molecule has 19 heavy (non-hydrogen) atoms. The molecule has 3 saturated carbocycles. The van der Waals surface area contributed by atoms with E-state index in [-0.39, 0.29) is 11.5 Å². The van der Waals surface area contributed by atoms with Crippen LogP contribution in [0.1, 0.15) is 29.6 Å². The first-order valence-corrected chi connectivity index (χ1v) is 7.01. The van der Waals surface area contributed by atoms with Crippen molar-refractivity contribution in [3.63, 3.8) is 0 Å². The molecule has 4 unspecified atom stereocenters. The lowest BCUT2D eigenvalue weighted by atomic mass is 10.0. The van der Waals surface area contributed by atoms with E-state index in [0.29, 0.717) is 23.6 Å². The second-order valence-electron chi connectivity index (χ2n) is 6.22. The fourth-order valence-electron chi connectivity index (χ4n) is 4.47. The number of carbonyl (C=O) groups excluding carboxylic acids is 1. The Hall–Kier alpha value is -1.58. The molecular weight excluding hydrogens is 243 g/mol. The number of nitrogens with two attached hydrogens (primary N) is 1. The van der Waals surface area contributed by atoms with Gasteiger partial charge in [-0.1, -0.05) is 0 Å². The van der Waals surface area contributed by atoms with Gasteiger partial charge in [-0.3, -0.25) is 4.79 Å². The summed E-state index contributed by atoms with van der Waals surface area (Å²) in [5.41, 5.74) is 6.34. The summed E-state index contributed by atoms with van der Waals surface area (Å²) in [6.45, 7) is 0. The summed E-state index contributed by atoms with van der Waals surface area (Å²) < 4.78 is 13.2. The molecule has 3 aliphatic carbocycles. The summed E-state index contributed by atoms with van der Waals surface area (Å²) in [4.78, 5) is 12.2. The Morgan fingerprint density at radius 2 is 1.95 bits per heavy atom. The fraction of sp³-hybridized carbons (Fsp3) is 0.533. The van der Waals surface area contributed by atoms with Crippen LogP contribution in [0.2, 0.25) is 0 Å². The minimum atomic E-state index is -0.421. The molecule has 0 heterocycles. The minimum absolute atomic E-state index is 0.226. The van der Waals surface area contributed by atoms with Crippen LogP contribution in [0, 0.1) is 29.5 Å². The van der Waals surface area contributed by atoms with E-state index in [1.807, 2.05) is 0 Å². The molecule has 4 atom stereocenters. The predicted octanol–water partition coefficient (Wildman–Crippen LogP) is 2.18. The van der Waals surface area contributed by atoms with Crippen molar-refractivity contribution in [1.82, 2.24) is 5.32 Å². The largest absolute Gasteiger partial charge is 0.398 e. The van der Waals surface area contributed by atoms with E-state index in [1.54, 1.807) is 0 Å². The van der Waals surface area contributed by atoms with E-state index in [9.17, 15) is 9.18 Å². The Kier molecular flexibility index (Phi) is 2.20. The van der Waals surface area contributed by atoms with Gasteiger partial charge in [0.1, 0.15) is 5.82 Å². The summed E-state index contributed by atoms with van der Waals surface area (Å²) >= 11 is 0. The number of nitrogen functional groups attached to an aromatic ring is 1. The summed E-state index contributed by atoms with van der Waals surface area (Å²) in [6.07, 6.45) is 3.99. The van der Waals surface area contributed by atoms with E-state index in [2.05, 4.69) is 5.32 Å². The van der Waals surface area contributed by atoms with Gasteiger partial charge in [0.05, 0.1) is 5.56 Å². The first-order chi connectivity index (χ1) is 9.15. The first kappa shape index (κ1) is 11.3. The molecule has 3 aliphatic rings. The van der Waals surface area contributed by atoms with Crippen molar-refractivity contribution in [2.75, 3.05) is 5.73 Å². The number of benzene rings is 1. The average Bonchev–Trinajstić information content (AvgIpc) is 2.80. The van der Waals surface area contributed by atoms with E-state index in [1.165, 1.54) is 37.5 Å². The quantitative estimate of drug-likeness (QED) is 0.801. The van der Waals surface area contributed by atoms with Crippen LogP contribution in [-0.4, -0.2) is 11.9 Å². The average molecular weight is 260 g/mol. The second-order valence-corrected chi connectivity index (χ2v) is 6.22. The van der Waals surface area contributed by atoms with Gasteiger partial charge in [0, 0.05) is 11.7 Å². The maximum absolute atomic E-state index is 13.2. The van der Waals surface area contributed by atoms with Crippen molar-refractivity contribution in [2.24, 2.45) is 23.7 Å². The number of hydrogen-bond acceptors (Lipinski definition) is 2. The summed E-state index contributed by atoms with van der Waals surface area (Å²) in [7, 11) is 0. The molecule has 3 nitrogen and oxygen atoms in total. The molecule has 3 N–H and O–H groups in total. The zero-order valence-corrected chi connectivity index (χ0v) is 10.6. The van der Waals surface area contributed by atoms with Gasteiger partial charge in [0.2, 0.25) is 0 Å². The van der Waals surface area contributed by atoms with Gasteiger partial charge in [-0.2, -0.15) is 0 Å². The van der Waals surface area contributed by atoms with Crippen molar-refractivity contribution in [1.29, 1.82) is 0 Å². The van der Waals surface area contributed by atoms with E-state index < -0.39 is 5.82 Å². The van der Waals surface area contributed by atoms with Crippen LogP contribution < -0.4 is 11.1 Å². The highest BCUT2D eigenvalue weighted by atomic mass is 19.1. The third kappa shape index (κ3) is 1.58. The molecular formula is C15H17FN2O. The third-order valence-electron chi connectivity index (χ3n) is 5.29. The summed E-state index contributed by atoms with van der Waals surface area (Å²) in [6, 6.07) is 4.25. The van der Waals surface area contributed by atoms with Gasteiger partial charge in [0.25, 0.3) is 5.91 Å². The molecule has 1 amide bonds. The third-order valence-corrected chi connectivity index (χ3v) is 5.29. The number of fused-ring (bicyclic) bond motifs is 5. The minimum Gasteiger partial charge on any atom is -0.398 e. The molecule has 1 aromatic carbocycles. The van der Waals surface area contributed by atoms with Gasteiger partial charge < -0.3 is 11.1 Å². The summed E-state index contributed by atoms with van der Waals surface area (Å²) in [5, 5.41) is 3.06. The Bertz CT molecular complexity index is 543. The smallest absolute Gasteiger partial charge is 0.253 e. The van der Waals surface area contributed by atoms with Gasteiger partial charge >= 0.3 is 0 Å². The fourth-order valence-corrected chi connectivity index (χ4v) is 4.47. The van der Waals surface area contributed by atoms with Gasteiger partial charge in [0.15, 0.2) is 0 Å². The van der Waals surface area contributed by atoms with Crippen molar-refractivity contribution in [2.45, 2.75) is 25.3 Å². The standard InChI is InChI=1S/C15H17FN2O/c16-9-3-4-11(17)10(6-9)15(19)18-14-12-7-1-2-8(5-7)13(12)14/h3-4,6-8,12-14H,1-2,5,17H2,(H,18,19). The Morgan fingerprint density at radius 3 is 2.63 bits per heavy atom. The lowest BCUT2D eigenvalue weighted by molar-refractivity contribution is 0.0944. The molecule has 0 aromatic heterocycles. The zero-order valence-electron chi connectivity index (χ0n) is 10.6. The number of rotatable bonds is 2. The van der Waals surface area contributed by atoms with Crippen molar-refractivity contribution < 1.29 is 9.18 Å². The molecule has 4 heteroatoms. The van der Waals surface area contributed by atoms with Gasteiger partial charge in [-0.05, 0) is 61.1 Å². The molecule has 2 bridgehead atoms. The van der Waals surface area contributed by atoms with Gasteiger partial charge in [-0.15, -0.1) is 0 Å². The molecule has 0 aliphatic heterocycles. The van der Waals surface area contributed by atoms with Crippen molar-refractivity contribution in [3.8, 4) is 0 Å². The predicted molar refractivity (Wildman–Crippen MR) is 69.9 cm³/mol. The zero-order chi connectivity index (χ0) is 13.1. The number of halogens is 1. The van der Waals surface area contributed by atoms with Crippen LogP contribution in [0.4, 0.5) is 10.1 Å². The maximum atomic E-state index is 13.2.